The highest BCUT2D eigenvalue weighted by molar-refractivity contribution is 5.99. The molecule has 1 aliphatic rings. The zero-order valence-electron chi connectivity index (χ0n) is 21.1. The molecule has 8 nitrogen and oxygen atoms in total. The van der Waals surface area contributed by atoms with E-state index < -0.39 is 35.0 Å². The maximum absolute atomic E-state index is 13.6. The molecule has 1 unspecified atom stereocenters. The van der Waals surface area contributed by atoms with Crippen LogP contribution < -0.4 is 15.4 Å². The van der Waals surface area contributed by atoms with Gasteiger partial charge in [0.1, 0.15) is 17.0 Å². The van der Waals surface area contributed by atoms with Crippen molar-refractivity contribution in [3.8, 4) is 11.5 Å². The van der Waals surface area contributed by atoms with Gasteiger partial charge in [0.25, 0.3) is 5.91 Å². The van der Waals surface area contributed by atoms with Crippen molar-refractivity contribution in [2.45, 2.75) is 44.1 Å². The van der Waals surface area contributed by atoms with Crippen LogP contribution in [0.5, 0.6) is 11.5 Å². The molecule has 1 aromatic heterocycles. The number of ether oxygens (including phenoxy) is 2. The average Bonchev–Trinajstić information content (AvgIpc) is 2.93. The Morgan fingerprint density at radius 1 is 1.13 bits per heavy atom. The van der Waals surface area contributed by atoms with Crippen LogP contribution in [0.25, 0.3) is 0 Å². The Kier molecular flexibility index (Phi) is 8.51. The van der Waals surface area contributed by atoms with Crippen LogP contribution in [0.4, 0.5) is 13.2 Å². The summed E-state index contributed by atoms with van der Waals surface area (Å²) in [6, 6.07) is 12.9. The van der Waals surface area contributed by atoms with Crippen molar-refractivity contribution in [3.05, 3.63) is 89.2 Å². The standard InChI is InChI=1S/C28H28F3N3O5/c1-18(35)20-6-9-24(23(15-20)28(29,30)31)39-22-7-4-19(5-8-22)16-33-26(37)27(10-13-38-14-11-27)34-25(36)21-3-2-12-32-17-21/h2-9,12,15,17-18,35H,10-11,13-14,16H2,1H3,(H,33,37)(H,34,36). The van der Waals surface area contributed by atoms with E-state index in [0.29, 0.717) is 37.2 Å². The zero-order chi connectivity index (χ0) is 28.0. The summed E-state index contributed by atoms with van der Waals surface area (Å²) >= 11 is 0. The summed E-state index contributed by atoms with van der Waals surface area (Å²) in [6.45, 7) is 2.13. The van der Waals surface area contributed by atoms with Crippen molar-refractivity contribution in [1.82, 2.24) is 15.6 Å². The molecule has 1 atom stereocenters. The Hall–Kier alpha value is -3.96. The van der Waals surface area contributed by atoms with E-state index in [9.17, 15) is 27.9 Å². The molecule has 3 aromatic rings. The number of alkyl halides is 3. The van der Waals surface area contributed by atoms with Gasteiger partial charge in [0.05, 0.1) is 17.2 Å². The van der Waals surface area contributed by atoms with Crippen LogP contribution >= 0.6 is 0 Å². The van der Waals surface area contributed by atoms with Gasteiger partial charge < -0.3 is 25.2 Å². The molecule has 0 spiro atoms. The molecule has 0 radical (unpaired) electrons. The van der Waals surface area contributed by atoms with Crippen molar-refractivity contribution >= 4 is 11.8 Å². The lowest BCUT2D eigenvalue weighted by atomic mass is 9.88. The van der Waals surface area contributed by atoms with E-state index in [1.807, 2.05) is 0 Å². The van der Waals surface area contributed by atoms with Crippen LogP contribution in [0.15, 0.2) is 67.0 Å². The number of carbonyl (C=O) groups is 2. The SMILES string of the molecule is CC(O)c1ccc(Oc2ccc(CNC(=O)C3(NC(=O)c4cccnc4)CCOCC3)cc2)c(C(F)(F)F)c1. The van der Waals surface area contributed by atoms with Crippen LogP contribution in [0.2, 0.25) is 0 Å². The monoisotopic (exact) mass is 543 g/mol. The predicted molar refractivity (Wildman–Crippen MR) is 135 cm³/mol. The number of carbonyl (C=O) groups excluding carboxylic acids is 2. The van der Waals surface area contributed by atoms with Crippen LogP contribution in [-0.4, -0.2) is 40.7 Å². The first-order valence-electron chi connectivity index (χ1n) is 12.3. The fraction of sp³-hybridized carbons (Fsp3) is 0.321. The van der Waals surface area contributed by atoms with E-state index >= 15 is 0 Å². The maximum Gasteiger partial charge on any atom is 0.419 e. The number of nitrogens with zero attached hydrogens (tertiary/aromatic N) is 1. The molecule has 4 rings (SSSR count). The minimum absolute atomic E-state index is 0.125. The van der Waals surface area contributed by atoms with Crippen molar-refractivity contribution in [2.24, 2.45) is 0 Å². The third-order valence-electron chi connectivity index (χ3n) is 6.45. The summed E-state index contributed by atoms with van der Waals surface area (Å²) in [7, 11) is 0. The largest absolute Gasteiger partial charge is 0.457 e. The van der Waals surface area contributed by atoms with Crippen LogP contribution in [-0.2, 0) is 22.3 Å². The first-order valence-corrected chi connectivity index (χ1v) is 12.3. The van der Waals surface area contributed by atoms with E-state index in [-0.39, 0.29) is 23.8 Å². The number of pyridine rings is 1. The Labute approximate surface area is 223 Å². The quantitative estimate of drug-likeness (QED) is 0.385. The summed E-state index contributed by atoms with van der Waals surface area (Å²) < 4.78 is 51.6. The summed E-state index contributed by atoms with van der Waals surface area (Å²) in [5, 5.41) is 15.3. The topological polar surface area (TPSA) is 110 Å². The molecule has 1 aliphatic heterocycles. The van der Waals surface area contributed by atoms with Crippen LogP contribution in [0.1, 0.15) is 52.9 Å². The first-order chi connectivity index (χ1) is 18.6. The van der Waals surface area contributed by atoms with Gasteiger partial charge in [-0.25, -0.2) is 0 Å². The lowest BCUT2D eigenvalue weighted by Gasteiger charge is -2.36. The summed E-state index contributed by atoms with van der Waals surface area (Å²) in [4.78, 5) is 29.9. The Bertz CT molecular complexity index is 1290. The van der Waals surface area contributed by atoms with Gasteiger partial charge in [0.2, 0.25) is 5.91 Å². The summed E-state index contributed by atoms with van der Waals surface area (Å²) in [6.07, 6.45) is -2.16. The number of benzene rings is 2. The summed E-state index contributed by atoms with van der Waals surface area (Å²) in [5.74, 6) is -0.999. The molecule has 206 valence electrons. The highest BCUT2D eigenvalue weighted by atomic mass is 19.4. The number of hydrogen-bond acceptors (Lipinski definition) is 6. The van der Waals surface area contributed by atoms with Crippen molar-refractivity contribution in [3.63, 3.8) is 0 Å². The third kappa shape index (κ3) is 6.92. The van der Waals surface area contributed by atoms with E-state index in [1.165, 1.54) is 37.4 Å². The molecule has 2 aromatic carbocycles. The molecule has 2 heterocycles. The van der Waals surface area contributed by atoms with Crippen molar-refractivity contribution in [1.29, 1.82) is 0 Å². The Morgan fingerprint density at radius 3 is 2.46 bits per heavy atom. The van der Waals surface area contributed by atoms with E-state index in [2.05, 4.69) is 15.6 Å². The molecule has 3 N–H and O–H groups in total. The smallest absolute Gasteiger partial charge is 0.419 e. The second-order valence-corrected chi connectivity index (χ2v) is 9.25. The van der Waals surface area contributed by atoms with Gasteiger partial charge in [0.15, 0.2) is 0 Å². The second-order valence-electron chi connectivity index (χ2n) is 9.25. The number of halogens is 3. The van der Waals surface area contributed by atoms with Gasteiger partial charge in [-0.2, -0.15) is 13.2 Å². The first kappa shape index (κ1) is 28.1. The molecule has 11 heteroatoms. The van der Waals surface area contributed by atoms with Gasteiger partial charge >= 0.3 is 6.18 Å². The highest BCUT2D eigenvalue weighted by Crippen LogP contribution is 2.39. The molecule has 2 amide bonds. The van der Waals surface area contributed by atoms with Gasteiger partial charge in [-0.3, -0.25) is 14.6 Å². The molecular formula is C28H28F3N3O5. The molecule has 0 aliphatic carbocycles. The molecule has 1 fully saturated rings. The predicted octanol–water partition coefficient (Wildman–Crippen LogP) is 4.54. The molecular weight excluding hydrogens is 515 g/mol. The lowest BCUT2D eigenvalue weighted by molar-refractivity contribution is -0.138. The maximum atomic E-state index is 13.6. The Morgan fingerprint density at radius 2 is 1.85 bits per heavy atom. The van der Waals surface area contributed by atoms with Gasteiger partial charge in [-0.15, -0.1) is 0 Å². The van der Waals surface area contributed by atoms with E-state index in [0.717, 1.165) is 6.07 Å². The van der Waals surface area contributed by atoms with Crippen LogP contribution in [0.3, 0.4) is 0 Å². The normalized spacial score (nSPS) is 15.7. The molecule has 0 saturated carbocycles. The number of hydrogen-bond donors (Lipinski definition) is 3. The fourth-order valence-electron chi connectivity index (χ4n) is 4.19. The van der Waals surface area contributed by atoms with E-state index in [4.69, 9.17) is 9.47 Å². The zero-order valence-corrected chi connectivity index (χ0v) is 21.1. The van der Waals surface area contributed by atoms with Gasteiger partial charge in [-0.05, 0) is 54.4 Å². The van der Waals surface area contributed by atoms with Crippen molar-refractivity contribution in [2.75, 3.05) is 13.2 Å². The minimum Gasteiger partial charge on any atom is -0.457 e. The molecule has 0 bridgehead atoms. The Balaban J connectivity index is 1.42. The lowest BCUT2D eigenvalue weighted by Crippen LogP contribution is -2.61. The van der Waals surface area contributed by atoms with E-state index in [1.54, 1.807) is 30.5 Å². The van der Waals surface area contributed by atoms with Gasteiger partial charge in [-0.1, -0.05) is 18.2 Å². The highest BCUT2D eigenvalue weighted by Gasteiger charge is 2.41. The average molecular weight is 544 g/mol. The number of amides is 2. The minimum atomic E-state index is -4.67. The number of rotatable bonds is 8. The number of nitrogens with one attached hydrogen (secondary N) is 2. The number of aromatic nitrogens is 1. The number of aliphatic hydroxyl groups is 1. The molecule has 39 heavy (non-hydrogen) atoms. The number of aliphatic hydroxyl groups excluding tert-OH is 1. The molecule has 1 saturated heterocycles. The van der Waals surface area contributed by atoms with Crippen LogP contribution in [0, 0.1) is 0 Å². The third-order valence-corrected chi connectivity index (χ3v) is 6.45. The van der Waals surface area contributed by atoms with Gasteiger partial charge in [0, 0.05) is 45.0 Å². The summed E-state index contributed by atoms with van der Waals surface area (Å²) in [5.41, 5.74) is -1.01. The van der Waals surface area contributed by atoms with Crippen molar-refractivity contribution < 1.29 is 37.3 Å². The fourth-order valence-corrected chi connectivity index (χ4v) is 4.19. The second kappa shape index (κ2) is 11.8.